The van der Waals surface area contributed by atoms with Crippen molar-refractivity contribution in [2.75, 3.05) is 12.4 Å². The van der Waals surface area contributed by atoms with Gasteiger partial charge in [-0.2, -0.15) is 0 Å². The van der Waals surface area contributed by atoms with Crippen LogP contribution in [0.25, 0.3) is 5.76 Å². The number of halogens is 1. The number of rotatable bonds is 2. The summed E-state index contributed by atoms with van der Waals surface area (Å²) in [4.78, 5) is 20.1. The lowest BCUT2D eigenvalue weighted by Gasteiger charge is -2.28. The average Bonchev–Trinajstić information content (AvgIpc) is 2.53. The lowest BCUT2D eigenvalue weighted by molar-refractivity contribution is -0.113. The summed E-state index contributed by atoms with van der Waals surface area (Å²) < 4.78 is 26.1. The van der Waals surface area contributed by atoms with Gasteiger partial charge in [0.1, 0.15) is 5.15 Å². The molecule has 0 radical (unpaired) electrons. The molecule has 0 fully saturated rings. The first-order chi connectivity index (χ1) is 11.7. The van der Waals surface area contributed by atoms with Crippen LogP contribution in [0.5, 0.6) is 0 Å². The highest BCUT2D eigenvalue weighted by molar-refractivity contribution is 7.89. The first kappa shape index (κ1) is 17.2. The normalized spacial score (nSPS) is 15.7. The molecule has 1 aromatic heterocycles. The van der Waals surface area contributed by atoms with Gasteiger partial charge in [0.2, 0.25) is 0 Å². The van der Waals surface area contributed by atoms with Gasteiger partial charge in [0.25, 0.3) is 15.9 Å². The first-order valence-corrected chi connectivity index (χ1v) is 8.85. The number of sulfonamides is 1. The van der Waals surface area contributed by atoms with E-state index in [0.29, 0.717) is 5.56 Å². The molecular formula is C15H13ClN4O4S. The van der Waals surface area contributed by atoms with Crippen molar-refractivity contribution < 1.29 is 18.3 Å². The van der Waals surface area contributed by atoms with Gasteiger partial charge in [0, 0.05) is 12.6 Å². The highest BCUT2D eigenvalue weighted by Gasteiger charge is 2.38. The maximum absolute atomic E-state index is 12.7. The van der Waals surface area contributed by atoms with Crippen molar-refractivity contribution in [1.29, 1.82) is 0 Å². The zero-order valence-electron chi connectivity index (χ0n) is 13.2. The third-order valence-corrected chi connectivity index (χ3v) is 5.61. The van der Waals surface area contributed by atoms with Crippen LogP contribution >= 0.6 is 11.6 Å². The smallest absolute Gasteiger partial charge is 0.278 e. The number of anilines is 1. The Balaban J connectivity index is 2.10. The zero-order chi connectivity index (χ0) is 18.4. The van der Waals surface area contributed by atoms with Crippen LogP contribution in [0.1, 0.15) is 11.1 Å². The molecule has 0 saturated carbocycles. The minimum Gasteiger partial charge on any atom is -0.505 e. The van der Waals surface area contributed by atoms with Crippen molar-refractivity contribution >= 4 is 39.1 Å². The molecule has 25 heavy (non-hydrogen) atoms. The number of hydrogen-bond acceptors (Lipinski definition) is 6. The van der Waals surface area contributed by atoms with E-state index in [-0.39, 0.29) is 21.4 Å². The summed E-state index contributed by atoms with van der Waals surface area (Å²) in [6.07, 6.45) is 2.53. The van der Waals surface area contributed by atoms with Gasteiger partial charge in [-0.25, -0.2) is 13.4 Å². The maximum atomic E-state index is 12.7. The Morgan fingerprint density at radius 1 is 1.32 bits per heavy atom. The second-order valence-corrected chi connectivity index (χ2v) is 7.68. The minimum atomic E-state index is -3.98. The predicted molar refractivity (Wildman–Crippen MR) is 91.3 cm³/mol. The fraction of sp³-hybridized carbons (Fsp3) is 0.133. The maximum Gasteiger partial charge on any atom is 0.278 e. The third-order valence-electron chi connectivity index (χ3n) is 3.63. The summed E-state index contributed by atoms with van der Waals surface area (Å²) in [7, 11) is -2.79. The molecule has 0 unspecified atom stereocenters. The monoisotopic (exact) mass is 380 g/mol. The van der Waals surface area contributed by atoms with Crippen LogP contribution in [0.3, 0.4) is 0 Å². The van der Waals surface area contributed by atoms with Crippen LogP contribution in [0.4, 0.5) is 5.82 Å². The van der Waals surface area contributed by atoms with Gasteiger partial charge in [-0.05, 0) is 24.6 Å². The standard InChI is InChI=1S/C15H13ClN4O4S/c1-8-3-4-9-10(5-8)25(23,24)20(2)13(14(9)21)15(22)19-12-7-17-6-11(16)18-12/h3-7,21H,1-2H3,(H,18,19,22). The van der Waals surface area contributed by atoms with Crippen LogP contribution in [-0.4, -0.2) is 40.8 Å². The first-order valence-electron chi connectivity index (χ1n) is 7.04. The molecule has 2 heterocycles. The Labute approximate surface area is 148 Å². The van der Waals surface area contributed by atoms with E-state index >= 15 is 0 Å². The fourth-order valence-electron chi connectivity index (χ4n) is 2.41. The number of hydrogen-bond donors (Lipinski definition) is 2. The summed E-state index contributed by atoms with van der Waals surface area (Å²) in [5.74, 6) is -1.27. The molecular weight excluding hydrogens is 368 g/mol. The number of aliphatic hydroxyl groups excluding tert-OH is 1. The number of likely N-dealkylation sites (N-methyl/N-ethyl adjacent to an activating group) is 1. The third kappa shape index (κ3) is 2.92. The number of aromatic nitrogens is 2. The van der Waals surface area contributed by atoms with Crippen molar-refractivity contribution in [3.05, 3.63) is 52.6 Å². The number of nitrogens with one attached hydrogen (secondary N) is 1. The largest absolute Gasteiger partial charge is 0.505 e. The van der Waals surface area contributed by atoms with Gasteiger partial charge in [0.15, 0.2) is 17.3 Å². The van der Waals surface area contributed by atoms with Gasteiger partial charge in [0.05, 0.1) is 17.3 Å². The number of aliphatic hydroxyl groups is 1. The quantitative estimate of drug-likeness (QED) is 0.823. The molecule has 8 nitrogen and oxygen atoms in total. The molecule has 0 atom stereocenters. The topological polar surface area (TPSA) is 112 Å². The van der Waals surface area contributed by atoms with Crippen molar-refractivity contribution in [3.8, 4) is 0 Å². The number of benzene rings is 1. The summed E-state index contributed by atoms with van der Waals surface area (Å²) in [6, 6.07) is 4.54. The Morgan fingerprint density at radius 3 is 2.72 bits per heavy atom. The Morgan fingerprint density at radius 2 is 2.04 bits per heavy atom. The number of carbonyl (C=O) groups excluding carboxylic acids is 1. The number of aryl methyl sites for hydroxylation is 1. The molecule has 1 amide bonds. The molecule has 1 aliphatic heterocycles. The van der Waals surface area contributed by atoms with E-state index in [1.54, 1.807) is 13.0 Å². The molecule has 0 spiro atoms. The van der Waals surface area contributed by atoms with Gasteiger partial charge in [-0.1, -0.05) is 17.7 Å². The van der Waals surface area contributed by atoms with Crippen LogP contribution in [0, 0.1) is 6.92 Å². The van der Waals surface area contributed by atoms with E-state index in [4.69, 9.17) is 11.6 Å². The molecule has 0 aliphatic carbocycles. The van der Waals surface area contributed by atoms with Crippen molar-refractivity contribution in [1.82, 2.24) is 14.3 Å². The fourth-order valence-corrected chi connectivity index (χ4v) is 4.04. The van der Waals surface area contributed by atoms with Crippen LogP contribution in [0.15, 0.2) is 41.2 Å². The van der Waals surface area contributed by atoms with Crippen LogP contribution in [-0.2, 0) is 14.8 Å². The van der Waals surface area contributed by atoms with Gasteiger partial charge in [-0.15, -0.1) is 0 Å². The number of nitrogens with zero attached hydrogens (tertiary/aromatic N) is 3. The molecule has 1 aliphatic rings. The Hall–Kier alpha value is -2.65. The van der Waals surface area contributed by atoms with E-state index in [0.717, 1.165) is 4.31 Å². The molecule has 1 aromatic carbocycles. The summed E-state index contributed by atoms with van der Waals surface area (Å²) >= 11 is 5.71. The SMILES string of the molecule is Cc1ccc2c(c1)S(=O)(=O)N(C)C(C(=O)Nc1cncc(Cl)n1)=C2O. The van der Waals surface area contributed by atoms with Crippen molar-refractivity contribution in [2.24, 2.45) is 0 Å². The van der Waals surface area contributed by atoms with Gasteiger partial charge in [-0.3, -0.25) is 14.1 Å². The lowest BCUT2D eigenvalue weighted by atomic mass is 10.1. The van der Waals surface area contributed by atoms with Gasteiger partial charge >= 0.3 is 0 Å². The molecule has 0 bridgehead atoms. The Bertz CT molecular complexity index is 1020. The highest BCUT2D eigenvalue weighted by atomic mass is 35.5. The van der Waals surface area contributed by atoms with E-state index in [1.165, 1.54) is 31.6 Å². The van der Waals surface area contributed by atoms with Crippen molar-refractivity contribution in [3.63, 3.8) is 0 Å². The van der Waals surface area contributed by atoms with Crippen LogP contribution < -0.4 is 5.32 Å². The van der Waals surface area contributed by atoms with Gasteiger partial charge < -0.3 is 10.4 Å². The van der Waals surface area contributed by atoms with E-state index in [1.807, 2.05) is 0 Å². The lowest BCUT2D eigenvalue weighted by Crippen LogP contribution is -2.37. The second kappa shape index (κ2) is 6.01. The molecule has 10 heteroatoms. The van der Waals surface area contributed by atoms with E-state index < -0.39 is 27.4 Å². The summed E-state index contributed by atoms with van der Waals surface area (Å²) in [5.41, 5.74) is 0.356. The molecule has 2 N–H and O–H groups in total. The van der Waals surface area contributed by atoms with E-state index in [2.05, 4.69) is 15.3 Å². The highest BCUT2D eigenvalue weighted by Crippen LogP contribution is 2.35. The van der Waals surface area contributed by atoms with Crippen molar-refractivity contribution in [2.45, 2.75) is 11.8 Å². The van der Waals surface area contributed by atoms with E-state index in [9.17, 15) is 18.3 Å². The summed E-state index contributed by atoms with van der Waals surface area (Å²) in [5, 5.41) is 12.9. The molecule has 3 rings (SSSR count). The second-order valence-electron chi connectivity index (χ2n) is 5.35. The average molecular weight is 381 g/mol. The molecule has 0 saturated heterocycles. The summed E-state index contributed by atoms with van der Waals surface area (Å²) in [6.45, 7) is 1.73. The van der Waals surface area contributed by atoms with Crippen LogP contribution in [0.2, 0.25) is 5.15 Å². The number of carbonyl (C=O) groups is 1. The minimum absolute atomic E-state index is 0.0262. The zero-order valence-corrected chi connectivity index (χ0v) is 14.8. The number of amides is 1. The predicted octanol–water partition coefficient (Wildman–Crippen LogP) is 1.94. The number of fused-ring (bicyclic) bond motifs is 1. The molecule has 130 valence electrons. The molecule has 2 aromatic rings. The Kier molecular flexibility index (Phi) is 4.13.